The number of alkyl halides is 2. The molecule has 1 unspecified atom stereocenters. The number of rotatable bonds is 3. The Kier molecular flexibility index (Phi) is 3.66. The summed E-state index contributed by atoms with van der Waals surface area (Å²) >= 11 is 3.08. The summed E-state index contributed by atoms with van der Waals surface area (Å²) in [6.07, 6.45) is 4.92. The van der Waals surface area contributed by atoms with Crippen LogP contribution in [0.25, 0.3) is 0 Å². The van der Waals surface area contributed by atoms with E-state index >= 15 is 0 Å². The molecule has 12 heavy (non-hydrogen) atoms. The summed E-state index contributed by atoms with van der Waals surface area (Å²) in [5.74, 6) is 0.128. The van der Waals surface area contributed by atoms with E-state index in [1.54, 1.807) is 12.2 Å². The highest BCUT2D eigenvalue weighted by molar-refractivity contribution is 9.09. The van der Waals surface area contributed by atoms with Crippen molar-refractivity contribution in [1.82, 2.24) is 0 Å². The van der Waals surface area contributed by atoms with Crippen molar-refractivity contribution in [3.8, 4) is 0 Å². The van der Waals surface area contributed by atoms with Gasteiger partial charge in [-0.05, 0) is 5.57 Å². The van der Waals surface area contributed by atoms with E-state index in [2.05, 4.69) is 15.9 Å². The summed E-state index contributed by atoms with van der Waals surface area (Å²) in [5.41, 5.74) is 0.924. The van der Waals surface area contributed by atoms with E-state index in [1.165, 1.54) is 6.08 Å². The smallest absolute Gasteiger partial charge is 0.147 e. The molecule has 0 aromatic heterocycles. The first-order valence-corrected chi connectivity index (χ1v) is 4.93. The first-order valence-electron chi connectivity index (χ1n) is 3.81. The minimum absolute atomic E-state index is 0.128. The van der Waals surface area contributed by atoms with Gasteiger partial charge in [0.15, 0.2) is 0 Å². The molecule has 0 fully saturated rings. The molecule has 0 bridgehead atoms. The average molecular weight is 233 g/mol. The van der Waals surface area contributed by atoms with E-state index < -0.39 is 6.17 Å². The van der Waals surface area contributed by atoms with Crippen LogP contribution < -0.4 is 0 Å². The molecule has 1 atom stereocenters. The maximum Gasteiger partial charge on any atom is 0.147 e. The third-order valence-electron chi connectivity index (χ3n) is 1.67. The minimum atomic E-state index is -0.868. The van der Waals surface area contributed by atoms with Gasteiger partial charge in [-0.3, -0.25) is 4.79 Å². The van der Waals surface area contributed by atoms with E-state index in [0.717, 1.165) is 5.57 Å². The van der Waals surface area contributed by atoms with Crippen molar-refractivity contribution in [1.29, 1.82) is 0 Å². The fourth-order valence-electron chi connectivity index (χ4n) is 1.04. The number of hydrogen-bond donors (Lipinski definition) is 0. The average Bonchev–Trinajstić information content (AvgIpc) is 2.09. The molecule has 0 amide bonds. The lowest BCUT2D eigenvalue weighted by Crippen LogP contribution is -2.04. The van der Waals surface area contributed by atoms with Gasteiger partial charge in [0.05, 0.1) is 5.33 Å². The standard InChI is InChI=1S/C9H10BrFO/c10-6-9(12)5-7-1-3-8(11)4-2-7/h1-3,8H,4-6H2. The van der Waals surface area contributed by atoms with Gasteiger partial charge in [0, 0.05) is 12.8 Å². The summed E-state index contributed by atoms with van der Waals surface area (Å²) in [7, 11) is 0. The van der Waals surface area contributed by atoms with Crippen molar-refractivity contribution in [3.05, 3.63) is 23.8 Å². The summed E-state index contributed by atoms with van der Waals surface area (Å²) in [6.45, 7) is 0. The second-order valence-electron chi connectivity index (χ2n) is 2.74. The Morgan fingerprint density at radius 1 is 1.75 bits per heavy atom. The fourth-order valence-corrected chi connectivity index (χ4v) is 1.24. The first kappa shape index (κ1) is 9.65. The van der Waals surface area contributed by atoms with Crippen LogP contribution in [0.15, 0.2) is 23.8 Å². The van der Waals surface area contributed by atoms with Gasteiger partial charge < -0.3 is 0 Å². The number of carbonyl (C=O) groups is 1. The zero-order valence-corrected chi connectivity index (χ0v) is 8.18. The van der Waals surface area contributed by atoms with Crippen LogP contribution in [0, 0.1) is 0 Å². The molecule has 0 heterocycles. The quantitative estimate of drug-likeness (QED) is 0.684. The lowest BCUT2D eigenvalue weighted by atomic mass is 10.0. The Bertz CT molecular complexity index is 233. The van der Waals surface area contributed by atoms with E-state index in [-0.39, 0.29) is 5.78 Å². The van der Waals surface area contributed by atoms with Crippen LogP contribution in [-0.2, 0) is 4.79 Å². The SMILES string of the molecule is O=C(CBr)CC1=CCC(F)C=C1. The highest BCUT2D eigenvalue weighted by Crippen LogP contribution is 2.16. The van der Waals surface area contributed by atoms with Crippen LogP contribution in [0.4, 0.5) is 4.39 Å². The Morgan fingerprint density at radius 2 is 2.50 bits per heavy atom. The van der Waals surface area contributed by atoms with Gasteiger partial charge >= 0.3 is 0 Å². The molecule has 1 rings (SSSR count). The number of Topliss-reactive ketones (excluding diaryl/α,β-unsaturated/α-hetero) is 1. The third-order valence-corrected chi connectivity index (χ3v) is 2.30. The Hall–Kier alpha value is -0.440. The van der Waals surface area contributed by atoms with Crippen molar-refractivity contribution >= 4 is 21.7 Å². The molecule has 0 saturated heterocycles. The molecule has 0 aromatic carbocycles. The number of allylic oxidation sites excluding steroid dienone is 4. The van der Waals surface area contributed by atoms with Gasteiger partial charge in [0.1, 0.15) is 12.0 Å². The van der Waals surface area contributed by atoms with Crippen LogP contribution in [0.2, 0.25) is 0 Å². The maximum absolute atomic E-state index is 12.6. The molecule has 0 aromatic rings. The molecular weight excluding hydrogens is 223 g/mol. The van der Waals surface area contributed by atoms with Crippen LogP contribution in [-0.4, -0.2) is 17.3 Å². The Balaban J connectivity index is 2.45. The van der Waals surface area contributed by atoms with Crippen molar-refractivity contribution in [3.63, 3.8) is 0 Å². The topological polar surface area (TPSA) is 17.1 Å². The summed E-state index contributed by atoms with van der Waals surface area (Å²) in [6, 6.07) is 0. The number of halogens is 2. The van der Waals surface area contributed by atoms with Gasteiger partial charge in [-0.1, -0.05) is 34.2 Å². The molecule has 0 radical (unpaired) electrons. The molecule has 66 valence electrons. The van der Waals surface area contributed by atoms with E-state index in [9.17, 15) is 9.18 Å². The van der Waals surface area contributed by atoms with Gasteiger partial charge in [-0.2, -0.15) is 0 Å². The molecule has 1 nitrogen and oxygen atoms in total. The normalized spacial score (nSPS) is 22.2. The van der Waals surface area contributed by atoms with Crippen molar-refractivity contribution < 1.29 is 9.18 Å². The third kappa shape index (κ3) is 2.89. The molecule has 0 aliphatic heterocycles. The zero-order chi connectivity index (χ0) is 8.97. The lowest BCUT2D eigenvalue weighted by Gasteiger charge is -2.07. The van der Waals surface area contributed by atoms with Crippen LogP contribution in [0.3, 0.4) is 0 Å². The maximum atomic E-state index is 12.6. The van der Waals surface area contributed by atoms with Gasteiger partial charge in [-0.15, -0.1) is 0 Å². The summed E-state index contributed by atoms with van der Waals surface area (Å²) < 4.78 is 12.6. The van der Waals surface area contributed by atoms with E-state index in [0.29, 0.717) is 18.2 Å². The lowest BCUT2D eigenvalue weighted by molar-refractivity contribution is -0.115. The summed E-state index contributed by atoms with van der Waals surface area (Å²) in [4.78, 5) is 10.9. The van der Waals surface area contributed by atoms with Crippen molar-refractivity contribution in [2.75, 3.05) is 5.33 Å². The van der Waals surface area contributed by atoms with Gasteiger partial charge in [-0.25, -0.2) is 4.39 Å². The molecule has 0 saturated carbocycles. The molecule has 1 aliphatic rings. The van der Waals surface area contributed by atoms with Crippen LogP contribution >= 0.6 is 15.9 Å². The second kappa shape index (κ2) is 4.55. The Morgan fingerprint density at radius 3 is 3.00 bits per heavy atom. The van der Waals surface area contributed by atoms with Crippen molar-refractivity contribution in [2.45, 2.75) is 19.0 Å². The molecule has 0 N–H and O–H groups in total. The predicted octanol–water partition coefficient (Wildman–Crippen LogP) is 2.56. The van der Waals surface area contributed by atoms with E-state index in [4.69, 9.17) is 0 Å². The first-order chi connectivity index (χ1) is 5.72. The van der Waals surface area contributed by atoms with Crippen molar-refractivity contribution in [2.24, 2.45) is 0 Å². The molecule has 3 heteroatoms. The van der Waals surface area contributed by atoms with Crippen LogP contribution in [0.5, 0.6) is 0 Å². The largest absolute Gasteiger partial charge is 0.298 e. The fraction of sp³-hybridized carbons (Fsp3) is 0.444. The molecule has 1 aliphatic carbocycles. The highest BCUT2D eigenvalue weighted by atomic mass is 79.9. The van der Waals surface area contributed by atoms with Crippen LogP contribution in [0.1, 0.15) is 12.8 Å². The minimum Gasteiger partial charge on any atom is -0.298 e. The molecular formula is C9H10BrFO. The van der Waals surface area contributed by atoms with E-state index in [1.807, 2.05) is 0 Å². The monoisotopic (exact) mass is 232 g/mol. The number of carbonyl (C=O) groups excluding carboxylic acids is 1. The molecule has 0 spiro atoms. The predicted molar refractivity (Wildman–Crippen MR) is 50.2 cm³/mol. The van der Waals surface area contributed by atoms with Gasteiger partial charge in [0.2, 0.25) is 0 Å². The van der Waals surface area contributed by atoms with Gasteiger partial charge in [0.25, 0.3) is 0 Å². The highest BCUT2D eigenvalue weighted by Gasteiger charge is 2.08. The second-order valence-corrected chi connectivity index (χ2v) is 3.30. The Labute approximate surface area is 79.5 Å². The number of hydrogen-bond acceptors (Lipinski definition) is 1. The zero-order valence-electron chi connectivity index (χ0n) is 6.59. The number of ketones is 1. The summed E-state index contributed by atoms with van der Waals surface area (Å²) in [5, 5.41) is 0.372.